The van der Waals surface area contributed by atoms with Gasteiger partial charge in [-0.2, -0.15) is 11.8 Å². The van der Waals surface area contributed by atoms with Crippen molar-refractivity contribution in [1.82, 2.24) is 0 Å². The minimum atomic E-state index is -0.195. The van der Waals surface area contributed by atoms with Crippen LogP contribution in [0, 0.1) is 11.2 Å². The van der Waals surface area contributed by atoms with Crippen molar-refractivity contribution in [2.24, 2.45) is 11.1 Å². The molecule has 1 unspecified atom stereocenters. The lowest BCUT2D eigenvalue weighted by molar-refractivity contribution is 0.265. The van der Waals surface area contributed by atoms with E-state index in [1.54, 1.807) is 12.1 Å². The third-order valence-corrected chi connectivity index (χ3v) is 5.69. The van der Waals surface area contributed by atoms with Crippen molar-refractivity contribution < 1.29 is 4.39 Å². The molecule has 19 heavy (non-hydrogen) atoms. The number of rotatable bonds is 3. The Morgan fingerprint density at radius 3 is 2.68 bits per heavy atom. The molecule has 0 radical (unpaired) electrons. The highest BCUT2D eigenvalue weighted by Gasteiger charge is 2.42. The lowest BCUT2D eigenvalue weighted by Gasteiger charge is -2.50. The number of anilines is 1. The Kier molecular flexibility index (Phi) is 4.11. The number of thioether (sulfide) groups is 1. The van der Waals surface area contributed by atoms with Gasteiger partial charge in [-0.3, -0.25) is 0 Å². The highest BCUT2D eigenvalue weighted by molar-refractivity contribution is 7.99. The first-order chi connectivity index (χ1) is 8.88. The Hall–Kier alpha value is -0.740. The molecule has 0 spiro atoms. The number of nitrogens with zero attached hydrogens (tertiary/aromatic N) is 1. The van der Waals surface area contributed by atoms with Gasteiger partial charge in [-0.05, 0) is 35.8 Å². The first kappa shape index (κ1) is 14.7. The van der Waals surface area contributed by atoms with E-state index in [0.29, 0.717) is 6.54 Å². The number of halogens is 1. The van der Waals surface area contributed by atoms with Crippen molar-refractivity contribution in [3.8, 4) is 0 Å². The fourth-order valence-electron chi connectivity index (χ4n) is 2.95. The van der Waals surface area contributed by atoms with Crippen LogP contribution in [-0.4, -0.2) is 30.6 Å². The van der Waals surface area contributed by atoms with Gasteiger partial charge in [-0.15, -0.1) is 0 Å². The monoisotopic (exact) mass is 282 g/mol. The van der Waals surface area contributed by atoms with E-state index in [0.717, 1.165) is 23.6 Å². The molecule has 4 heteroatoms. The summed E-state index contributed by atoms with van der Waals surface area (Å²) < 4.78 is 13.4. The zero-order valence-electron chi connectivity index (χ0n) is 11.9. The SMILES string of the molecule is CN(c1cccc(F)c1)C1(CN)CSCC(C)(C)C1. The maximum atomic E-state index is 13.4. The molecule has 1 heterocycles. The molecule has 2 nitrogen and oxygen atoms in total. The van der Waals surface area contributed by atoms with E-state index >= 15 is 0 Å². The van der Waals surface area contributed by atoms with Crippen LogP contribution in [0.1, 0.15) is 20.3 Å². The topological polar surface area (TPSA) is 29.3 Å². The molecule has 2 N–H and O–H groups in total. The summed E-state index contributed by atoms with van der Waals surface area (Å²) in [5.74, 6) is 1.96. The Balaban J connectivity index is 2.30. The van der Waals surface area contributed by atoms with Gasteiger partial charge in [0.25, 0.3) is 0 Å². The second kappa shape index (κ2) is 5.33. The van der Waals surface area contributed by atoms with E-state index in [2.05, 4.69) is 18.7 Å². The fraction of sp³-hybridized carbons (Fsp3) is 0.600. The summed E-state index contributed by atoms with van der Waals surface area (Å²) in [6.45, 7) is 5.16. The van der Waals surface area contributed by atoms with E-state index in [9.17, 15) is 4.39 Å². The quantitative estimate of drug-likeness (QED) is 0.923. The molecule has 106 valence electrons. The molecular weight excluding hydrogens is 259 g/mol. The lowest BCUT2D eigenvalue weighted by Crippen LogP contribution is -2.59. The Bertz CT molecular complexity index is 450. The molecule has 2 rings (SSSR count). The molecule has 1 aliphatic rings. The first-order valence-electron chi connectivity index (χ1n) is 6.66. The summed E-state index contributed by atoms with van der Waals surface area (Å²) in [5.41, 5.74) is 7.18. The van der Waals surface area contributed by atoms with Crippen molar-refractivity contribution in [3.63, 3.8) is 0 Å². The molecule has 0 aliphatic carbocycles. The van der Waals surface area contributed by atoms with Crippen molar-refractivity contribution in [3.05, 3.63) is 30.1 Å². The lowest BCUT2D eigenvalue weighted by atomic mass is 9.78. The largest absolute Gasteiger partial charge is 0.367 e. The smallest absolute Gasteiger partial charge is 0.125 e. The van der Waals surface area contributed by atoms with Crippen LogP contribution in [0.15, 0.2) is 24.3 Å². The van der Waals surface area contributed by atoms with Gasteiger partial charge in [0.2, 0.25) is 0 Å². The standard InChI is InChI=1S/C15H23FN2S/c1-14(2)8-15(9-17,11-19-10-14)18(3)13-6-4-5-12(16)7-13/h4-7H,8-11,17H2,1-3H3. The van der Waals surface area contributed by atoms with Crippen molar-refractivity contribution in [2.75, 3.05) is 30.0 Å². The second-order valence-corrected chi connectivity index (χ2v) is 7.29. The maximum Gasteiger partial charge on any atom is 0.125 e. The summed E-state index contributed by atoms with van der Waals surface area (Å²) in [6, 6.07) is 6.77. The van der Waals surface area contributed by atoms with Gasteiger partial charge in [-0.1, -0.05) is 19.9 Å². The number of nitrogens with two attached hydrogens (primary N) is 1. The predicted molar refractivity (Wildman–Crippen MR) is 82.3 cm³/mol. The molecule has 1 saturated heterocycles. The van der Waals surface area contributed by atoms with E-state index in [1.165, 1.54) is 6.07 Å². The molecule has 1 atom stereocenters. The Morgan fingerprint density at radius 2 is 2.11 bits per heavy atom. The van der Waals surface area contributed by atoms with Crippen LogP contribution in [0.25, 0.3) is 0 Å². The molecule has 1 fully saturated rings. The fourth-order valence-corrected chi connectivity index (χ4v) is 4.50. The van der Waals surface area contributed by atoms with Crippen LogP contribution in [0.4, 0.5) is 10.1 Å². The molecular formula is C15H23FN2S. The van der Waals surface area contributed by atoms with Crippen molar-refractivity contribution in [1.29, 1.82) is 0 Å². The number of hydrogen-bond donors (Lipinski definition) is 1. The van der Waals surface area contributed by atoms with Crippen LogP contribution in [0.5, 0.6) is 0 Å². The molecule has 0 amide bonds. The highest BCUT2D eigenvalue weighted by Crippen LogP contribution is 2.42. The van der Waals surface area contributed by atoms with E-state index in [4.69, 9.17) is 5.73 Å². The van der Waals surface area contributed by atoms with Gasteiger partial charge in [0, 0.05) is 25.0 Å². The summed E-state index contributed by atoms with van der Waals surface area (Å²) in [4.78, 5) is 2.17. The third-order valence-electron chi connectivity index (χ3n) is 3.96. The second-order valence-electron chi connectivity index (χ2n) is 6.30. The zero-order chi connectivity index (χ0) is 14.1. The van der Waals surface area contributed by atoms with Gasteiger partial charge in [0.15, 0.2) is 0 Å². The molecule has 0 bridgehead atoms. The normalized spacial score (nSPS) is 26.2. The van der Waals surface area contributed by atoms with E-state index < -0.39 is 0 Å². The van der Waals surface area contributed by atoms with Crippen LogP contribution in [0.2, 0.25) is 0 Å². The number of benzene rings is 1. The molecule has 0 saturated carbocycles. The van der Waals surface area contributed by atoms with Crippen LogP contribution in [0.3, 0.4) is 0 Å². The highest BCUT2D eigenvalue weighted by atomic mass is 32.2. The third kappa shape index (κ3) is 3.06. The number of likely N-dealkylation sites (N-methyl/N-ethyl adjacent to an activating group) is 1. The van der Waals surface area contributed by atoms with Gasteiger partial charge in [0.1, 0.15) is 5.82 Å². The van der Waals surface area contributed by atoms with Gasteiger partial charge in [0.05, 0.1) is 5.54 Å². The first-order valence-corrected chi connectivity index (χ1v) is 7.81. The average molecular weight is 282 g/mol. The minimum Gasteiger partial charge on any atom is -0.367 e. The maximum absolute atomic E-state index is 13.4. The summed E-state index contributed by atoms with van der Waals surface area (Å²) in [5, 5.41) is 0. The van der Waals surface area contributed by atoms with Crippen molar-refractivity contribution >= 4 is 17.4 Å². The predicted octanol–water partition coefficient (Wildman–Crippen LogP) is 3.12. The van der Waals surface area contributed by atoms with Gasteiger partial charge in [-0.25, -0.2) is 4.39 Å². The van der Waals surface area contributed by atoms with Crippen LogP contribution >= 0.6 is 11.8 Å². The molecule has 0 aromatic heterocycles. The van der Waals surface area contributed by atoms with Gasteiger partial charge < -0.3 is 10.6 Å². The zero-order valence-corrected chi connectivity index (χ0v) is 12.8. The molecule has 1 aliphatic heterocycles. The molecule has 1 aromatic rings. The Morgan fingerprint density at radius 1 is 1.37 bits per heavy atom. The van der Waals surface area contributed by atoms with Gasteiger partial charge >= 0.3 is 0 Å². The van der Waals surface area contributed by atoms with Crippen molar-refractivity contribution in [2.45, 2.75) is 25.8 Å². The average Bonchev–Trinajstić information content (AvgIpc) is 2.36. The minimum absolute atomic E-state index is 0.0831. The summed E-state index contributed by atoms with van der Waals surface area (Å²) in [7, 11) is 2.03. The van der Waals surface area contributed by atoms with Crippen LogP contribution < -0.4 is 10.6 Å². The van der Waals surface area contributed by atoms with Crippen LogP contribution in [-0.2, 0) is 0 Å². The Labute approximate surface area is 119 Å². The van der Waals surface area contributed by atoms with E-state index in [1.807, 2.05) is 24.9 Å². The van der Waals surface area contributed by atoms with E-state index in [-0.39, 0.29) is 16.8 Å². The number of hydrogen-bond acceptors (Lipinski definition) is 3. The summed E-state index contributed by atoms with van der Waals surface area (Å²) >= 11 is 1.95. The molecule has 1 aromatic carbocycles. The summed E-state index contributed by atoms with van der Waals surface area (Å²) in [6.07, 6.45) is 1.04.